The summed E-state index contributed by atoms with van der Waals surface area (Å²) in [5, 5.41) is 0. The summed E-state index contributed by atoms with van der Waals surface area (Å²) in [6, 6.07) is 0. The summed E-state index contributed by atoms with van der Waals surface area (Å²) in [5.74, 6) is 0.874. The molecule has 0 aromatic carbocycles. The molecule has 1 spiro atoms. The lowest BCUT2D eigenvalue weighted by Gasteiger charge is -2.49. The van der Waals surface area contributed by atoms with E-state index in [1.807, 2.05) is 4.90 Å². The molecule has 7 heteroatoms. The van der Waals surface area contributed by atoms with Crippen LogP contribution >= 0.6 is 0 Å². The molecule has 1 aromatic heterocycles. The summed E-state index contributed by atoms with van der Waals surface area (Å²) in [6.07, 6.45) is 7.82. The van der Waals surface area contributed by atoms with Crippen LogP contribution in [0.2, 0.25) is 0 Å². The van der Waals surface area contributed by atoms with Crippen LogP contribution < -0.4 is 4.74 Å². The second kappa shape index (κ2) is 7.47. The smallest absolute Gasteiger partial charge is 0.232 e. The number of hydrogen-bond donors (Lipinski definition) is 0. The van der Waals surface area contributed by atoms with Crippen molar-refractivity contribution in [1.82, 2.24) is 14.9 Å². The predicted molar refractivity (Wildman–Crippen MR) is 92.3 cm³/mol. The van der Waals surface area contributed by atoms with Crippen molar-refractivity contribution >= 4 is 5.91 Å². The summed E-state index contributed by atoms with van der Waals surface area (Å²) in [7, 11) is 0. The number of ether oxygens (including phenoxy) is 2. The fourth-order valence-electron chi connectivity index (χ4n) is 4.49. The van der Waals surface area contributed by atoms with Crippen LogP contribution in [-0.4, -0.2) is 59.9 Å². The van der Waals surface area contributed by atoms with E-state index in [0.29, 0.717) is 31.9 Å². The summed E-state index contributed by atoms with van der Waals surface area (Å²) in [6.45, 7) is 3.52. The van der Waals surface area contributed by atoms with Gasteiger partial charge in [-0.25, -0.2) is 9.37 Å². The molecule has 3 heterocycles. The zero-order chi connectivity index (χ0) is 18.0. The highest BCUT2D eigenvalue weighted by Crippen LogP contribution is 2.45. The Kier molecular flexibility index (Phi) is 5.07. The van der Waals surface area contributed by atoms with Crippen LogP contribution in [-0.2, 0) is 9.53 Å². The van der Waals surface area contributed by atoms with Crippen molar-refractivity contribution in [1.29, 1.82) is 0 Å². The highest BCUT2D eigenvalue weighted by molar-refractivity contribution is 5.80. The van der Waals surface area contributed by atoms with E-state index in [1.165, 1.54) is 0 Å². The largest absolute Gasteiger partial charge is 0.476 e. The van der Waals surface area contributed by atoms with Crippen molar-refractivity contribution in [2.75, 3.05) is 32.9 Å². The summed E-state index contributed by atoms with van der Waals surface area (Å²) in [4.78, 5) is 22.6. The first-order valence-electron chi connectivity index (χ1n) is 9.56. The van der Waals surface area contributed by atoms with Crippen LogP contribution in [0.15, 0.2) is 18.6 Å². The van der Waals surface area contributed by atoms with Crippen molar-refractivity contribution in [2.24, 2.45) is 17.3 Å². The van der Waals surface area contributed by atoms with Crippen molar-refractivity contribution in [3.63, 3.8) is 0 Å². The van der Waals surface area contributed by atoms with E-state index >= 15 is 0 Å². The third-order valence-corrected chi connectivity index (χ3v) is 6.40. The van der Waals surface area contributed by atoms with Gasteiger partial charge in [0.15, 0.2) is 0 Å². The number of rotatable bonds is 4. The monoisotopic (exact) mass is 363 g/mol. The zero-order valence-corrected chi connectivity index (χ0v) is 15.0. The number of carbonyl (C=O) groups is 1. The van der Waals surface area contributed by atoms with Crippen LogP contribution in [0.25, 0.3) is 0 Å². The number of aromatic nitrogens is 2. The second-order valence-electron chi connectivity index (χ2n) is 7.83. The van der Waals surface area contributed by atoms with Gasteiger partial charge in [-0.3, -0.25) is 9.78 Å². The lowest BCUT2D eigenvalue weighted by molar-refractivity contribution is -0.146. The van der Waals surface area contributed by atoms with Gasteiger partial charge >= 0.3 is 0 Å². The Labute approximate surface area is 153 Å². The Hall–Kier alpha value is -1.76. The van der Waals surface area contributed by atoms with E-state index in [2.05, 4.69) is 9.97 Å². The number of hydrogen-bond acceptors (Lipinski definition) is 5. The molecule has 4 rings (SSSR count). The fourth-order valence-corrected chi connectivity index (χ4v) is 4.49. The molecule has 26 heavy (non-hydrogen) atoms. The quantitative estimate of drug-likeness (QED) is 0.821. The van der Waals surface area contributed by atoms with E-state index < -0.39 is 6.17 Å². The van der Waals surface area contributed by atoms with Crippen molar-refractivity contribution in [3.8, 4) is 5.88 Å². The maximum absolute atomic E-state index is 13.0. The predicted octanol–water partition coefficient (Wildman–Crippen LogP) is 2.25. The number of carbonyl (C=O) groups excluding carboxylic acids is 1. The molecule has 0 bridgehead atoms. The Morgan fingerprint density at radius 1 is 1.31 bits per heavy atom. The Balaban J connectivity index is 1.34. The van der Waals surface area contributed by atoms with Crippen LogP contribution in [0, 0.1) is 17.3 Å². The molecular weight excluding hydrogens is 337 g/mol. The molecule has 3 aliphatic rings. The maximum Gasteiger partial charge on any atom is 0.232 e. The lowest BCUT2D eigenvalue weighted by atomic mass is 9.66. The van der Waals surface area contributed by atoms with E-state index in [-0.39, 0.29) is 23.2 Å². The van der Waals surface area contributed by atoms with Crippen molar-refractivity contribution < 1.29 is 18.7 Å². The second-order valence-corrected chi connectivity index (χ2v) is 7.83. The van der Waals surface area contributed by atoms with Gasteiger partial charge in [-0.1, -0.05) is 0 Å². The summed E-state index contributed by atoms with van der Waals surface area (Å²) >= 11 is 0. The van der Waals surface area contributed by atoms with E-state index in [4.69, 9.17) is 9.47 Å². The summed E-state index contributed by atoms with van der Waals surface area (Å²) < 4.78 is 24.6. The van der Waals surface area contributed by atoms with Crippen LogP contribution in [0.3, 0.4) is 0 Å². The van der Waals surface area contributed by atoms with Gasteiger partial charge in [-0.05, 0) is 37.5 Å². The van der Waals surface area contributed by atoms with Gasteiger partial charge in [0.25, 0.3) is 0 Å². The SMILES string of the molecule is O=C(C1CC(F)C1)N1CCC2(CCOCC2COc2cnccn2)CC1. The van der Waals surface area contributed by atoms with Gasteiger partial charge in [0, 0.05) is 43.9 Å². The number of alkyl halides is 1. The highest BCUT2D eigenvalue weighted by atomic mass is 19.1. The number of halogens is 1. The Bertz CT molecular complexity index is 616. The van der Waals surface area contributed by atoms with Crippen LogP contribution in [0.5, 0.6) is 5.88 Å². The lowest BCUT2D eigenvalue weighted by Crippen LogP contribution is -2.53. The van der Waals surface area contributed by atoms with E-state index in [0.717, 1.165) is 39.0 Å². The number of amides is 1. The fraction of sp³-hybridized carbons (Fsp3) is 0.737. The molecule has 0 radical (unpaired) electrons. The molecule has 2 saturated heterocycles. The van der Waals surface area contributed by atoms with Gasteiger partial charge in [-0.2, -0.15) is 0 Å². The molecule has 1 atom stereocenters. The molecule has 2 aliphatic heterocycles. The first kappa shape index (κ1) is 17.6. The normalized spacial score (nSPS) is 30.7. The molecule has 1 amide bonds. The molecule has 1 aromatic rings. The van der Waals surface area contributed by atoms with Gasteiger partial charge in [0.2, 0.25) is 11.8 Å². The molecule has 6 nitrogen and oxygen atoms in total. The zero-order valence-electron chi connectivity index (χ0n) is 15.0. The third-order valence-electron chi connectivity index (χ3n) is 6.40. The molecule has 1 aliphatic carbocycles. The minimum atomic E-state index is -0.779. The van der Waals surface area contributed by atoms with E-state index in [1.54, 1.807) is 18.6 Å². The summed E-state index contributed by atoms with van der Waals surface area (Å²) in [5.41, 5.74) is 0.152. The first-order valence-corrected chi connectivity index (χ1v) is 9.56. The van der Waals surface area contributed by atoms with E-state index in [9.17, 15) is 9.18 Å². The minimum absolute atomic E-state index is 0.0930. The molecule has 0 N–H and O–H groups in total. The van der Waals surface area contributed by atoms with Crippen LogP contribution in [0.4, 0.5) is 4.39 Å². The molecule has 1 unspecified atom stereocenters. The molecular formula is C19H26FN3O3. The van der Waals surface area contributed by atoms with Crippen molar-refractivity contribution in [2.45, 2.75) is 38.3 Å². The average Bonchev–Trinajstić information content (AvgIpc) is 2.66. The topological polar surface area (TPSA) is 64.6 Å². The number of nitrogens with zero attached hydrogens (tertiary/aromatic N) is 3. The van der Waals surface area contributed by atoms with Crippen molar-refractivity contribution in [3.05, 3.63) is 18.6 Å². The Morgan fingerprint density at radius 2 is 2.12 bits per heavy atom. The maximum atomic E-state index is 13.0. The number of likely N-dealkylation sites (tertiary alicyclic amines) is 1. The molecule has 1 saturated carbocycles. The average molecular weight is 363 g/mol. The number of piperidine rings is 1. The van der Waals surface area contributed by atoms with Gasteiger partial charge < -0.3 is 14.4 Å². The van der Waals surface area contributed by atoms with Gasteiger partial charge in [0.1, 0.15) is 6.17 Å². The molecule has 3 fully saturated rings. The molecule has 142 valence electrons. The minimum Gasteiger partial charge on any atom is -0.476 e. The first-order chi connectivity index (χ1) is 12.7. The third kappa shape index (κ3) is 3.54. The van der Waals surface area contributed by atoms with Gasteiger partial charge in [-0.15, -0.1) is 0 Å². The Morgan fingerprint density at radius 3 is 2.81 bits per heavy atom. The highest BCUT2D eigenvalue weighted by Gasteiger charge is 2.46. The van der Waals surface area contributed by atoms with Gasteiger partial charge in [0.05, 0.1) is 19.4 Å². The van der Waals surface area contributed by atoms with Crippen LogP contribution in [0.1, 0.15) is 32.1 Å². The standard InChI is InChI=1S/C19H26FN3O3/c20-16-9-14(10-16)18(24)23-6-1-19(2-7-23)3-8-25-12-15(19)13-26-17-11-21-4-5-22-17/h4-5,11,14-16H,1-3,6-10,12-13H2.